The molecule has 3 aromatic rings. The zero-order chi connectivity index (χ0) is 17.2. The van der Waals surface area contributed by atoms with Gasteiger partial charge in [0.1, 0.15) is 0 Å². The molecule has 0 saturated heterocycles. The van der Waals surface area contributed by atoms with Gasteiger partial charge in [-0.1, -0.05) is 48.5 Å². The van der Waals surface area contributed by atoms with Gasteiger partial charge in [-0.25, -0.2) is 4.79 Å². The number of para-hydroxylation sites is 1. The van der Waals surface area contributed by atoms with Crippen molar-refractivity contribution in [3.05, 3.63) is 65.9 Å². The Morgan fingerprint density at radius 2 is 1.88 bits per heavy atom. The van der Waals surface area contributed by atoms with Crippen LogP contribution in [0.1, 0.15) is 18.2 Å². The summed E-state index contributed by atoms with van der Waals surface area (Å²) < 4.78 is 5.20. The molecule has 4 nitrogen and oxygen atoms in total. The second-order valence-electron chi connectivity index (χ2n) is 6.17. The summed E-state index contributed by atoms with van der Waals surface area (Å²) in [5.41, 5.74) is 5.55. The van der Waals surface area contributed by atoms with E-state index in [-0.39, 0.29) is 6.09 Å². The van der Waals surface area contributed by atoms with Crippen LogP contribution >= 0.6 is 0 Å². The summed E-state index contributed by atoms with van der Waals surface area (Å²) in [6.07, 6.45) is 0.499. The molecule has 4 heteroatoms. The molecule has 0 atom stereocenters. The van der Waals surface area contributed by atoms with Gasteiger partial charge in [-0.05, 0) is 24.1 Å². The molecular formula is C21H20N2O2. The van der Waals surface area contributed by atoms with Gasteiger partial charge in [-0.3, -0.25) is 4.98 Å². The third kappa shape index (κ3) is 2.84. The largest absolute Gasteiger partial charge is 0.450 e. The normalized spacial score (nSPS) is 13.6. The van der Waals surface area contributed by atoms with Crippen LogP contribution in [0.15, 0.2) is 54.6 Å². The second-order valence-corrected chi connectivity index (χ2v) is 6.17. The van der Waals surface area contributed by atoms with E-state index < -0.39 is 0 Å². The van der Waals surface area contributed by atoms with E-state index in [4.69, 9.17) is 9.72 Å². The maximum atomic E-state index is 12.2. The molecule has 1 amide bonds. The molecule has 0 N–H and O–H groups in total. The van der Waals surface area contributed by atoms with Crippen molar-refractivity contribution >= 4 is 17.0 Å². The predicted molar refractivity (Wildman–Crippen MR) is 98.3 cm³/mol. The van der Waals surface area contributed by atoms with Crippen LogP contribution in [0, 0.1) is 0 Å². The minimum absolute atomic E-state index is 0.250. The van der Waals surface area contributed by atoms with E-state index in [2.05, 4.69) is 24.3 Å². The Morgan fingerprint density at radius 1 is 1.12 bits per heavy atom. The molecular weight excluding hydrogens is 312 g/mol. The fourth-order valence-corrected chi connectivity index (χ4v) is 3.50. The number of carbonyl (C=O) groups excluding carboxylic acids is 1. The number of hydrogen-bond acceptors (Lipinski definition) is 3. The molecule has 0 unspecified atom stereocenters. The number of ether oxygens (including phenoxy) is 1. The highest BCUT2D eigenvalue weighted by atomic mass is 16.6. The molecule has 1 aliphatic rings. The lowest BCUT2D eigenvalue weighted by atomic mass is 9.91. The summed E-state index contributed by atoms with van der Waals surface area (Å²) >= 11 is 0. The van der Waals surface area contributed by atoms with E-state index in [9.17, 15) is 4.79 Å². The first-order valence-electron chi connectivity index (χ1n) is 8.65. The van der Waals surface area contributed by atoms with Crippen LogP contribution in [-0.2, 0) is 17.7 Å². The van der Waals surface area contributed by atoms with Crippen molar-refractivity contribution in [1.29, 1.82) is 0 Å². The van der Waals surface area contributed by atoms with Crippen LogP contribution in [0.2, 0.25) is 0 Å². The molecule has 0 spiro atoms. The lowest BCUT2D eigenvalue weighted by Crippen LogP contribution is -2.37. The Hall–Kier alpha value is -2.88. The number of fused-ring (bicyclic) bond motifs is 2. The Bertz CT molecular complexity index is 922. The Balaban J connectivity index is 1.89. The van der Waals surface area contributed by atoms with Crippen molar-refractivity contribution in [1.82, 2.24) is 9.88 Å². The molecule has 1 aliphatic heterocycles. The highest BCUT2D eigenvalue weighted by Crippen LogP contribution is 2.35. The molecule has 0 fully saturated rings. The highest BCUT2D eigenvalue weighted by Gasteiger charge is 2.26. The van der Waals surface area contributed by atoms with E-state index in [1.807, 2.05) is 37.3 Å². The van der Waals surface area contributed by atoms with Gasteiger partial charge in [-0.2, -0.15) is 0 Å². The molecule has 2 aromatic carbocycles. The SMILES string of the molecule is CCOC(=O)N1CCc2nc3ccccc3c(-c3ccccc3)c2C1. The van der Waals surface area contributed by atoms with Gasteiger partial charge in [0.05, 0.1) is 18.7 Å². The zero-order valence-electron chi connectivity index (χ0n) is 14.2. The monoisotopic (exact) mass is 332 g/mol. The van der Waals surface area contributed by atoms with Crippen LogP contribution in [0.25, 0.3) is 22.0 Å². The first kappa shape index (κ1) is 15.6. The summed E-state index contributed by atoms with van der Waals surface area (Å²) in [6.45, 7) is 3.41. The zero-order valence-corrected chi connectivity index (χ0v) is 14.2. The summed E-state index contributed by atoms with van der Waals surface area (Å²) in [4.78, 5) is 18.8. The fraction of sp³-hybridized carbons (Fsp3) is 0.238. The molecule has 2 heterocycles. The lowest BCUT2D eigenvalue weighted by Gasteiger charge is -2.29. The third-order valence-electron chi connectivity index (χ3n) is 4.63. The number of amides is 1. The fourth-order valence-electron chi connectivity index (χ4n) is 3.50. The maximum absolute atomic E-state index is 12.2. The van der Waals surface area contributed by atoms with E-state index in [1.165, 1.54) is 5.56 Å². The van der Waals surface area contributed by atoms with Gasteiger partial charge in [0.25, 0.3) is 0 Å². The van der Waals surface area contributed by atoms with Crippen molar-refractivity contribution < 1.29 is 9.53 Å². The lowest BCUT2D eigenvalue weighted by molar-refractivity contribution is 0.102. The van der Waals surface area contributed by atoms with Gasteiger partial charge >= 0.3 is 6.09 Å². The summed E-state index contributed by atoms with van der Waals surface area (Å²) in [5, 5.41) is 1.12. The highest BCUT2D eigenvalue weighted by molar-refractivity contribution is 5.96. The first-order valence-corrected chi connectivity index (χ1v) is 8.65. The van der Waals surface area contributed by atoms with Crippen LogP contribution in [0.4, 0.5) is 4.79 Å². The number of pyridine rings is 1. The van der Waals surface area contributed by atoms with Crippen molar-refractivity contribution in [3.63, 3.8) is 0 Å². The number of nitrogens with zero attached hydrogens (tertiary/aromatic N) is 2. The van der Waals surface area contributed by atoms with Crippen LogP contribution < -0.4 is 0 Å². The average molecular weight is 332 g/mol. The smallest absolute Gasteiger partial charge is 0.410 e. The first-order chi connectivity index (χ1) is 12.3. The van der Waals surface area contributed by atoms with Crippen molar-refractivity contribution in [2.75, 3.05) is 13.2 Å². The second kappa shape index (κ2) is 6.55. The molecule has 1 aromatic heterocycles. The third-order valence-corrected chi connectivity index (χ3v) is 4.63. The Kier molecular flexibility index (Phi) is 4.10. The number of aromatic nitrogens is 1. The maximum Gasteiger partial charge on any atom is 0.410 e. The molecule has 0 aliphatic carbocycles. The number of hydrogen-bond donors (Lipinski definition) is 0. The van der Waals surface area contributed by atoms with Gasteiger partial charge in [0.15, 0.2) is 0 Å². The van der Waals surface area contributed by atoms with Gasteiger partial charge < -0.3 is 9.64 Å². The molecule has 25 heavy (non-hydrogen) atoms. The summed E-state index contributed by atoms with van der Waals surface area (Å²) in [6, 6.07) is 18.6. The summed E-state index contributed by atoms with van der Waals surface area (Å²) in [5.74, 6) is 0. The minimum Gasteiger partial charge on any atom is -0.450 e. The van der Waals surface area contributed by atoms with E-state index in [0.717, 1.165) is 34.1 Å². The van der Waals surface area contributed by atoms with E-state index in [0.29, 0.717) is 19.7 Å². The topological polar surface area (TPSA) is 42.4 Å². The average Bonchev–Trinajstić information content (AvgIpc) is 2.66. The number of rotatable bonds is 2. The molecule has 0 bridgehead atoms. The minimum atomic E-state index is -0.250. The van der Waals surface area contributed by atoms with Crippen molar-refractivity contribution in [3.8, 4) is 11.1 Å². The van der Waals surface area contributed by atoms with E-state index >= 15 is 0 Å². The number of benzene rings is 2. The molecule has 0 saturated carbocycles. The van der Waals surface area contributed by atoms with Gasteiger partial charge in [0, 0.05) is 29.6 Å². The Morgan fingerprint density at radius 3 is 2.68 bits per heavy atom. The van der Waals surface area contributed by atoms with E-state index in [1.54, 1.807) is 4.90 Å². The number of carbonyl (C=O) groups is 1. The van der Waals surface area contributed by atoms with Gasteiger partial charge in [0.2, 0.25) is 0 Å². The van der Waals surface area contributed by atoms with Crippen molar-refractivity contribution in [2.45, 2.75) is 19.9 Å². The molecule has 0 radical (unpaired) electrons. The van der Waals surface area contributed by atoms with Crippen molar-refractivity contribution in [2.24, 2.45) is 0 Å². The van der Waals surface area contributed by atoms with Gasteiger partial charge in [-0.15, -0.1) is 0 Å². The quantitative estimate of drug-likeness (QED) is 0.698. The molecule has 4 rings (SSSR count). The Labute approximate surface area is 147 Å². The molecule has 126 valence electrons. The standard InChI is InChI=1S/C21H20N2O2/c1-2-25-21(24)23-13-12-19-17(14-23)20(15-8-4-3-5-9-15)16-10-6-7-11-18(16)22-19/h3-11H,2,12-14H2,1H3. The predicted octanol–water partition coefficient (Wildman–Crippen LogP) is 4.42. The van der Waals surface area contributed by atoms with Crippen LogP contribution in [0.5, 0.6) is 0 Å². The van der Waals surface area contributed by atoms with Crippen LogP contribution in [-0.4, -0.2) is 29.1 Å². The summed E-state index contributed by atoms with van der Waals surface area (Å²) in [7, 11) is 0. The van der Waals surface area contributed by atoms with Crippen LogP contribution in [0.3, 0.4) is 0 Å².